The van der Waals surface area contributed by atoms with Crippen LogP contribution in [0.2, 0.25) is 10.0 Å². The fourth-order valence-corrected chi connectivity index (χ4v) is 3.43. The zero-order valence-corrected chi connectivity index (χ0v) is 12.7. The van der Waals surface area contributed by atoms with Gasteiger partial charge in [-0.25, -0.2) is 0 Å². The highest BCUT2D eigenvalue weighted by Crippen LogP contribution is 2.36. The summed E-state index contributed by atoms with van der Waals surface area (Å²) >= 11 is 12.6. The topological polar surface area (TPSA) is 12.0 Å². The van der Waals surface area contributed by atoms with E-state index < -0.39 is 0 Å². The van der Waals surface area contributed by atoms with E-state index in [9.17, 15) is 0 Å². The van der Waals surface area contributed by atoms with Crippen LogP contribution in [-0.2, 0) is 12.8 Å². The fourth-order valence-electron chi connectivity index (χ4n) is 2.90. The molecule has 0 unspecified atom stereocenters. The zero-order chi connectivity index (χ0) is 14.0. The first-order valence-corrected chi connectivity index (χ1v) is 7.62. The van der Waals surface area contributed by atoms with Gasteiger partial charge in [-0.15, -0.1) is 0 Å². The molecule has 0 spiro atoms. The van der Waals surface area contributed by atoms with Crippen LogP contribution < -0.4 is 5.32 Å². The first-order chi connectivity index (χ1) is 9.69. The lowest BCUT2D eigenvalue weighted by atomic mass is 9.72. The minimum atomic E-state index is 0.232. The number of hydrogen-bond donors (Lipinski definition) is 1. The summed E-state index contributed by atoms with van der Waals surface area (Å²) < 4.78 is 0. The third kappa shape index (κ3) is 2.85. The Kier molecular flexibility index (Phi) is 4.02. The summed E-state index contributed by atoms with van der Waals surface area (Å²) in [5, 5.41) is 4.95. The van der Waals surface area contributed by atoms with Crippen molar-refractivity contribution in [1.82, 2.24) is 5.32 Å². The van der Waals surface area contributed by atoms with Crippen molar-refractivity contribution in [2.24, 2.45) is 5.41 Å². The van der Waals surface area contributed by atoms with Crippen LogP contribution in [0.15, 0.2) is 48.5 Å². The highest BCUT2D eigenvalue weighted by molar-refractivity contribution is 6.36. The van der Waals surface area contributed by atoms with Gasteiger partial charge in [0, 0.05) is 28.5 Å². The van der Waals surface area contributed by atoms with Crippen LogP contribution in [-0.4, -0.2) is 13.1 Å². The number of halogens is 2. The maximum atomic E-state index is 6.31. The van der Waals surface area contributed by atoms with Crippen LogP contribution >= 0.6 is 23.2 Å². The maximum absolute atomic E-state index is 6.31. The number of benzene rings is 2. The minimum absolute atomic E-state index is 0.232. The molecule has 0 aromatic heterocycles. The molecule has 0 atom stereocenters. The van der Waals surface area contributed by atoms with Crippen molar-refractivity contribution in [3.05, 3.63) is 69.7 Å². The molecule has 3 rings (SSSR count). The average molecular weight is 306 g/mol. The van der Waals surface area contributed by atoms with Gasteiger partial charge in [0.1, 0.15) is 0 Å². The molecule has 0 aliphatic carbocycles. The van der Waals surface area contributed by atoms with Crippen molar-refractivity contribution in [2.75, 3.05) is 13.1 Å². The van der Waals surface area contributed by atoms with Crippen LogP contribution in [0.1, 0.15) is 11.1 Å². The SMILES string of the molecule is Clc1cccc(Cl)c1CC1(Cc2ccccc2)CNC1. The van der Waals surface area contributed by atoms with Gasteiger partial charge in [-0.1, -0.05) is 59.6 Å². The van der Waals surface area contributed by atoms with Gasteiger partial charge in [0.15, 0.2) is 0 Å². The first kappa shape index (κ1) is 13.9. The van der Waals surface area contributed by atoms with E-state index in [1.54, 1.807) is 0 Å². The fraction of sp³-hybridized carbons (Fsp3) is 0.294. The van der Waals surface area contributed by atoms with Gasteiger partial charge >= 0.3 is 0 Å². The van der Waals surface area contributed by atoms with Gasteiger partial charge in [0.25, 0.3) is 0 Å². The number of nitrogens with one attached hydrogen (secondary N) is 1. The molecule has 1 N–H and O–H groups in total. The normalized spacial score (nSPS) is 16.7. The van der Waals surface area contributed by atoms with Gasteiger partial charge in [0.05, 0.1) is 0 Å². The Hall–Kier alpha value is -1.02. The summed E-state index contributed by atoms with van der Waals surface area (Å²) in [6, 6.07) is 16.4. The van der Waals surface area contributed by atoms with E-state index in [4.69, 9.17) is 23.2 Å². The lowest BCUT2D eigenvalue weighted by Crippen LogP contribution is -2.56. The van der Waals surface area contributed by atoms with Gasteiger partial charge in [-0.3, -0.25) is 0 Å². The van der Waals surface area contributed by atoms with E-state index >= 15 is 0 Å². The molecule has 0 radical (unpaired) electrons. The number of hydrogen-bond acceptors (Lipinski definition) is 1. The lowest BCUT2D eigenvalue weighted by Gasteiger charge is -2.43. The van der Waals surface area contributed by atoms with E-state index in [0.29, 0.717) is 0 Å². The van der Waals surface area contributed by atoms with E-state index in [2.05, 4.69) is 35.6 Å². The van der Waals surface area contributed by atoms with E-state index in [1.165, 1.54) is 5.56 Å². The van der Waals surface area contributed by atoms with Crippen LogP contribution in [0.3, 0.4) is 0 Å². The third-order valence-corrected chi connectivity index (χ3v) is 4.74. The van der Waals surface area contributed by atoms with E-state index in [0.717, 1.165) is 41.5 Å². The Morgan fingerprint density at radius 3 is 2.05 bits per heavy atom. The van der Waals surface area contributed by atoms with Gasteiger partial charge in [-0.05, 0) is 36.1 Å². The highest BCUT2D eigenvalue weighted by Gasteiger charge is 2.37. The molecule has 2 aromatic carbocycles. The second kappa shape index (κ2) is 5.77. The molecule has 1 aliphatic heterocycles. The Labute approximate surface area is 129 Å². The standard InChI is InChI=1S/C17H17Cl2N/c18-15-7-4-8-16(19)14(15)10-17(11-20-12-17)9-13-5-2-1-3-6-13/h1-8,20H,9-12H2. The Morgan fingerprint density at radius 1 is 0.850 bits per heavy atom. The largest absolute Gasteiger partial charge is 0.315 e. The Bertz CT molecular complexity index is 571. The Morgan fingerprint density at radius 2 is 1.50 bits per heavy atom. The van der Waals surface area contributed by atoms with Crippen molar-refractivity contribution in [3.8, 4) is 0 Å². The number of rotatable bonds is 4. The van der Waals surface area contributed by atoms with Crippen molar-refractivity contribution in [3.63, 3.8) is 0 Å². The molecule has 1 saturated heterocycles. The first-order valence-electron chi connectivity index (χ1n) is 6.86. The van der Waals surface area contributed by atoms with Crippen LogP contribution in [0.5, 0.6) is 0 Å². The van der Waals surface area contributed by atoms with Crippen molar-refractivity contribution < 1.29 is 0 Å². The molecule has 20 heavy (non-hydrogen) atoms. The van der Waals surface area contributed by atoms with Crippen LogP contribution in [0, 0.1) is 5.41 Å². The molecular weight excluding hydrogens is 289 g/mol. The molecule has 0 amide bonds. The van der Waals surface area contributed by atoms with Crippen LogP contribution in [0.25, 0.3) is 0 Å². The highest BCUT2D eigenvalue weighted by atomic mass is 35.5. The molecular formula is C17H17Cl2N. The zero-order valence-electron chi connectivity index (χ0n) is 11.2. The molecule has 2 aromatic rings. The van der Waals surface area contributed by atoms with Gasteiger partial charge in [-0.2, -0.15) is 0 Å². The van der Waals surface area contributed by atoms with Gasteiger partial charge in [0.2, 0.25) is 0 Å². The minimum Gasteiger partial charge on any atom is -0.315 e. The summed E-state index contributed by atoms with van der Waals surface area (Å²) in [6.45, 7) is 2.03. The predicted molar refractivity (Wildman–Crippen MR) is 85.6 cm³/mol. The Balaban J connectivity index is 1.83. The molecule has 0 bridgehead atoms. The second-order valence-electron chi connectivity index (χ2n) is 5.64. The quantitative estimate of drug-likeness (QED) is 0.884. The monoisotopic (exact) mass is 305 g/mol. The average Bonchev–Trinajstić information content (AvgIpc) is 2.41. The summed E-state index contributed by atoms with van der Waals surface area (Å²) in [5.74, 6) is 0. The summed E-state index contributed by atoms with van der Waals surface area (Å²) in [5.41, 5.74) is 2.68. The van der Waals surface area contributed by atoms with Gasteiger partial charge < -0.3 is 5.32 Å². The van der Waals surface area contributed by atoms with Crippen molar-refractivity contribution in [2.45, 2.75) is 12.8 Å². The molecule has 104 valence electrons. The second-order valence-corrected chi connectivity index (χ2v) is 6.46. The van der Waals surface area contributed by atoms with E-state index in [1.807, 2.05) is 18.2 Å². The molecule has 1 nitrogen and oxygen atoms in total. The summed E-state index contributed by atoms with van der Waals surface area (Å²) in [7, 11) is 0. The van der Waals surface area contributed by atoms with Crippen molar-refractivity contribution >= 4 is 23.2 Å². The lowest BCUT2D eigenvalue weighted by molar-refractivity contribution is 0.167. The van der Waals surface area contributed by atoms with Crippen LogP contribution in [0.4, 0.5) is 0 Å². The molecule has 0 saturated carbocycles. The molecule has 1 aliphatic rings. The van der Waals surface area contributed by atoms with E-state index in [-0.39, 0.29) is 5.41 Å². The third-order valence-electron chi connectivity index (χ3n) is 4.04. The molecule has 3 heteroatoms. The van der Waals surface area contributed by atoms with Crippen molar-refractivity contribution in [1.29, 1.82) is 0 Å². The maximum Gasteiger partial charge on any atom is 0.0453 e. The summed E-state index contributed by atoms with van der Waals surface area (Å²) in [6.07, 6.45) is 1.98. The predicted octanol–water partition coefficient (Wildman–Crippen LogP) is 4.37. The molecule has 1 fully saturated rings. The molecule has 1 heterocycles. The summed E-state index contributed by atoms with van der Waals surface area (Å²) in [4.78, 5) is 0. The smallest absolute Gasteiger partial charge is 0.0453 e.